The molecule has 0 spiro atoms. The van der Waals surface area contributed by atoms with Gasteiger partial charge in [-0.25, -0.2) is 4.68 Å². The van der Waals surface area contributed by atoms with Gasteiger partial charge in [0.1, 0.15) is 0 Å². The van der Waals surface area contributed by atoms with Gasteiger partial charge in [-0.1, -0.05) is 48.5 Å². The van der Waals surface area contributed by atoms with Crippen LogP contribution in [0.15, 0.2) is 72.9 Å². The first kappa shape index (κ1) is 18.2. The van der Waals surface area contributed by atoms with Crippen LogP contribution in [0.3, 0.4) is 0 Å². The molecule has 0 aliphatic carbocycles. The Labute approximate surface area is 165 Å². The van der Waals surface area contributed by atoms with Crippen LogP contribution in [0.2, 0.25) is 0 Å². The molecular formula is C23H24N4O. The summed E-state index contributed by atoms with van der Waals surface area (Å²) in [6, 6.07) is 20.1. The van der Waals surface area contributed by atoms with Crippen molar-refractivity contribution in [1.29, 1.82) is 0 Å². The van der Waals surface area contributed by atoms with Crippen molar-refractivity contribution in [2.24, 2.45) is 0 Å². The lowest BCUT2D eigenvalue weighted by Crippen LogP contribution is -2.46. The molecule has 1 aliphatic rings. The van der Waals surface area contributed by atoms with Gasteiger partial charge >= 0.3 is 0 Å². The maximum atomic E-state index is 12.6. The van der Waals surface area contributed by atoms with E-state index in [1.807, 2.05) is 82.5 Å². The predicted molar refractivity (Wildman–Crippen MR) is 112 cm³/mol. The van der Waals surface area contributed by atoms with Gasteiger partial charge in [-0.05, 0) is 25.3 Å². The van der Waals surface area contributed by atoms with E-state index in [9.17, 15) is 4.79 Å². The molecule has 0 unspecified atom stereocenters. The van der Waals surface area contributed by atoms with Crippen molar-refractivity contribution >= 4 is 12.0 Å². The molecule has 142 valence electrons. The molecule has 1 aromatic heterocycles. The lowest BCUT2D eigenvalue weighted by atomic mass is 10.1. The van der Waals surface area contributed by atoms with Crippen LogP contribution < -0.4 is 0 Å². The van der Waals surface area contributed by atoms with Crippen LogP contribution in [-0.4, -0.2) is 58.7 Å². The number of carbonyl (C=O) groups excluding carboxylic acids is 1. The molecule has 4 rings (SSSR count). The SMILES string of the molecule is CN1CCN(C(=O)/C=C/c2cn(-c3ccccc3)nc2-c2ccccc2)CC1. The van der Waals surface area contributed by atoms with E-state index in [1.54, 1.807) is 6.08 Å². The van der Waals surface area contributed by atoms with E-state index < -0.39 is 0 Å². The third-order valence-corrected chi connectivity index (χ3v) is 5.03. The largest absolute Gasteiger partial charge is 0.337 e. The number of hydrogen-bond acceptors (Lipinski definition) is 3. The molecule has 3 aromatic rings. The zero-order chi connectivity index (χ0) is 19.3. The minimum Gasteiger partial charge on any atom is -0.337 e. The fourth-order valence-electron chi connectivity index (χ4n) is 3.34. The summed E-state index contributed by atoms with van der Waals surface area (Å²) in [5.41, 5.74) is 3.82. The number of para-hydroxylation sites is 1. The van der Waals surface area contributed by atoms with Gasteiger partial charge in [0.25, 0.3) is 0 Å². The van der Waals surface area contributed by atoms with Crippen molar-refractivity contribution in [1.82, 2.24) is 19.6 Å². The third kappa shape index (κ3) is 4.05. The van der Waals surface area contributed by atoms with Gasteiger partial charge in [-0.2, -0.15) is 5.10 Å². The molecule has 0 atom stereocenters. The molecule has 5 nitrogen and oxygen atoms in total. The molecule has 1 amide bonds. The molecule has 2 heterocycles. The minimum absolute atomic E-state index is 0.0552. The van der Waals surface area contributed by atoms with E-state index in [4.69, 9.17) is 5.10 Å². The summed E-state index contributed by atoms with van der Waals surface area (Å²) in [6.45, 7) is 3.38. The first-order valence-electron chi connectivity index (χ1n) is 9.57. The average molecular weight is 372 g/mol. The predicted octanol–water partition coefficient (Wildman–Crippen LogP) is 3.33. The lowest BCUT2D eigenvalue weighted by Gasteiger charge is -2.31. The van der Waals surface area contributed by atoms with E-state index in [1.165, 1.54) is 0 Å². The number of nitrogens with zero attached hydrogens (tertiary/aromatic N) is 4. The summed E-state index contributed by atoms with van der Waals surface area (Å²) in [4.78, 5) is 16.7. The minimum atomic E-state index is 0.0552. The summed E-state index contributed by atoms with van der Waals surface area (Å²) in [6.07, 6.45) is 5.53. The Hall–Kier alpha value is -3.18. The smallest absolute Gasteiger partial charge is 0.246 e. The van der Waals surface area contributed by atoms with Crippen LogP contribution in [-0.2, 0) is 4.79 Å². The highest BCUT2D eigenvalue weighted by Crippen LogP contribution is 2.24. The van der Waals surface area contributed by atoms with Crippen LogP contribution in [0, 0.1) is 0 Å². The number of amides is 1. The number of rotatable bonds is 4. The van der Waals surface area contributed by atoms with Crippen molar-refractivity contribution in [3.63, 3.8) is 0 Å². The van der Waals surface area contributed by atoms with Crippen molar-refractivity contribution in [3.8, 4) is 16.9 Å². The number of likely N-dealkylation sites (N-methyl/N-ethyl adjacent to an activating group) is 1. The van der Waals surface area contributed by atoms with Gasteiger partial charge in [0.15, 0.2) is 0 Å². The number of hydrogen-bond donors (Lipinski definition) is 0. The number of aromatic nitrogens is 2. The second-order valence-corrected chi connectivity index (χ2v) is 7.04. The van der Waals surface area contributed by atoms with Crippen molar-refractivity contribution in [3.05, 3.63) is 78.5 Å². The maximum absolute atomic E-state index is 12.6. The van der Waals surface area contributed by atoms with E-state index >= 15 is 0 Å². The quantitative estimate of drug-likeness (QED) is 0.660. The highest BCUT2D eigenvalue weighted by molar-refractivity contribution is 5.93. The van der Waals surface area contributed by atoms with Crippen LogP contribution in [0.25, 0.3) is 23.0 Å². The molecule has 1 aliphatic heterocycles. The average Bonchev–Trinajstić information content (AvgIpc) is 3.18. The summed E-state index contributed by atoms with van der Waals surface area (Å²) in [5, 5.41) is 4.78. The van der Waals surface area contributed by atoms with Crippen LogP contribution in [0.4, 0.5) is 0 Å². The van der Waals surface area contributed by atoms with Gasteiger partial charge in [-0.3, -0.25) is 4.79 Å². The molecule has 1 saturated heterocycles. The van der Waals surface area contributed by atoms with Gasteiger partial charge in [0.2, 0.25) is 5.91 Å². The van der Waals surface area contributed by atoms with E-state index in [-0.39, 0.29) is 5.91 Å². The Kier molecular flexibility index (Phi) is 5.35. The van der Waals surface area contributed by atoms with Gasteiger partial charge in [-0.15, -0.1) is 0 Å². The van der Waals surface area contributed by atoms with Crippen molar-refractivity contribution in [2.45, 2.75) is 0 Å². The highest BCUT2D eigenvalue weighted by Gasteiger charge is 2.17. The molecule has 28 heavy (non-hydrogen) atoms. The zero-order valence-electron chi connectivity index (χ0n) is 16.0. The Bertz CT molecular complexity index is 955. The standard InChI is InChI=1S/C23H24N4O/c1-25-14-16-26(17-15-25)22(28)13-12-20-18-27(21-10-6-3-7-11-21)24-23(20)19-8-4-2-5-9-19/h2-13,18H,14-17H2,1H3/b13-12+. The molecule has 0 radical (unpaired) electrons. The Morgan fingerprint density at radius 3 is 2.25 bits per heavy atom. The molecule has 0 N–H and O–H groups in total. The summed E-state index contributed by atoms with van der Waals surface area (Å²) in [5.74, 6) is 0.0552. The third-order valence-electron chi connectivity index (χ3n) is 5.03. The monoisotopic (exact) mass is 372 g/mol. The van der Waals surface area contributed by atoms with Gasteiger partial charge in [0, 0.05) is 49.6 Å². The van der Waals surface area contributed by atoms with E-state index in [2.05, 4.69) is 11.9 Å². The summed E-state index contributed by atoms with van der Waals surface area (Å²) >= 11 is 0. The zero-order valence-corrected chi connectivity index (χ0v) is 16.0. The Morgan fingerprint density at radius 1 is 0.929 bits per heavy atom. The molecule has 0 saturated carbocycles. The van der Waals surface area contributed by atoms with Gasteiger partial charge < -0.3 is 9.80 Å². The van der Waals surface area contributed by atoms with Crippen LogP contribution in [0.1, 0.15) is 5.56 Å². The van der Waals surface area contributed by atoms with Crippen molar-refractivity contribution < 1.29 is 4.79 Å². The Balaban J connectivity index is 1.63. The second kappa shape index (κ2) is 8.23. The first-order chi connectivity index (χ1) is 13.7. The van der Waals surface area contributed by atoms with Gasteiger partial charge in [0.05, 0.1) is 11.4 Å². The number of carbonyl (C=O) groups is 1. The first-order valence-corrected chi connectivity index (χ1v) is 9.57. The molecular weight excluding hydrogens is 348 g/mol. The van der Waals surface area contributed by atoms with E-state index in [0.29, 0.717) is 0 Å². The lowest BCUT2D eigenvalue weighted by molar-refractivity contribution is -0.127. The highest BCUT2D eigenvalue weighted by atomic mass is 16.2. The fraction of sp³-hybridized carbons (Fsp3) is 0.217. The molecule has 5 heteroatoms. The second-order valence-electron chi connectivity index (χ2n) is 7.04. The summed E-state index contributed by atoms with van der Waals surface area (Å²) < 4.78 is 1.86. The van der Waals surface area contributed by atoms with Crippen LogP contribution in [0.5, 0.6) is 0 Å². The topological polar surface area (TPSA) is 41.4 Å². The summed E-state index contributed by atoms with van der Waals surface area (Å²) in [7, 11) is 2.09. The maximum Gasteiger partial charge on any atom is 0.246 e. The number of piperazine rings is 1. The van der Waals surface area contributed by atoms with Crippen LogP contribution >= 0.6 is 0 Å². The molecule has 1 fully saturated rings. The molecule has 2 aromatic carbocycles. The molecule has 0 bridgehead atoms. The Morgan fingerprint density at radius 2 is 1.57 bits per heavy atom. The van der Waals surface area contributed by atoms with E-state index in [0.717, 1.165) is 48.7 Å². The fourth-order valence-corrected chi connectivity index (χ4v) is 3.34. The number of benzene rings is 2. The normalized spacial score (nSPS) is 15.2. The van der Waals surface area contributed by atoms with Crippen molar-refractivity contribution in [2.75, 3.05) is 33.2 Å².